The molecule has 2 aromatic rings. The van der Waals surface area contributed by atoms with E-state index in [-0.39, 0.29) is 11.5 Å². The molecule has 1 aliphatic carbocycles. The summed E-state index contributed by atoms with van der Waals surface area (Å²) in [6.07, 6.45) is 2.72. The number of benzene rings is 1. The van der Waals surface area contributed by atoms with E-state index >= 15 is 0 Å². The van der Waals surface area contributed by atoms with Gasteiger partial charge in [0.05, 0.1) is 20.0 Å². The number of H-pyrrole nitrogens is 1. The van der Waals surface area contributed by atoms with Gasteiger partial charge < -0.3 is 14.5 Å². The van der Waals surface area contributed by atoms with Crippen LogP contribution in [-0.2, 0) is 4.74 Å². The van der Waals surface area contributed by atoms with Gasteiger partial charge in [-0.05, 0) is 35.8 Å². The summed E-state index contributed by atoms with van der Waals surface area (Å²) in [4.78, 5) is 15.2. The topological polar surface area (TPSA) is 51.3 Å². The molecule has 0 amide bonds. The molecule has 104 valence electrons. The first-order chi connectivity index (χ1) is 9.63. The van der Waals surface area contributed by atoms with Crippen LogP contribution in [0.5, 0.6) is 5.75 Å². The van der Waals surface area contributed by atoms with E-state index in [4.69, 9.17) is 9.47 Å². The van der Waals surface area contributed by atoms with Crippen molar-refractivity contribution in [2.45, 2.75) is 19.3 Å². The average molecular weight is 271 g/mol. The third-order valence-corrected chi connectivity index (χ3v) is 3.87. The number of fused-ring (bicyclic) bond motifs is 3. The van der Waals surface area contributed by atoms with Crippen LogP contribution in [0.2, 0.25) is 0 Å². The fourth-order valence-corrected chi connectivity index (χ4v) is 2.85. The van der Waals surface area contributed by atoms with E-state index in [9.17, 15) is 4.79 Å². The van der Waals surface area contributed by atoms with Crippen LogP contribution in [0.15, 0.2) is 28.8 Å². The number of methoxy groups -OCH3 is 2. The van der Waals surface area contributed by atoms with Crippen LogP contribution in [0, 0.1) is 0 Å². The molecule has 0 spiro atoms. The van der Waals surface area contributed by atoms with Gasteiger partial charge in [-0.15, -0.1) is 0 Å². The Kier molecular flexibility index (Phi) is 3.01. The molecule has 20 heavy (non-hydrogen) atoms. The van der Waals surface area contributed by atoms with Gasteiger partial charge in [0.15, 0.2) is 0 Å². The number of hydrogen-bond donors (Lipinski definition) is 1. The van der Waals surface area contributed by atoms with E-state index in [2.05, 4.69) is 4.98 Å². The van der Waals surface area contributed by atoms with E-state index in [1.165, 1.54) is 0 Å². The lowest BCUT2D eigenvalue weighted by atomic mass is 9.86. The minimum atomic E-state index is -0.0171. The molecule has 0 saturated carbocycles. The van der Waals surface area contributed by atoms with E-state index < -0.39 is 0 Å². The monoisotopic (exact) mass is 271 g/mol. The molecule has 1 N–H and O–H groups in total. The van der Waals surface area contributed by atoms with E-state index in [1.807, 2.05) is 31.2 Å². The van der Waals surface area contributed by atoms with Crippen molar-refractivity contribution < 1.29 is 9.47 Å². The van der Waals surface area contributed by atoms with Crippen LogP contribution in [0.3, 0.4) is 0 Å². The summed E-state index contributed by atoms with van der Waals surface area (Å²) in [5.41, 5.74) is 2.57. The molecule has 1 unspecified atom stereocenters. The van der Waals surface area contributed by atoms with Gasteiger partial charge in [0.1, 0.15) is 5.75 Å². The highest BCUT2D eigenvalue weighted by Gasteiger charge is 2.23. The standard InChI is InChI=1S/C16H17NO3/c1-9-6-11(20-3)8-13-12-7-10(19-2)4-5-14(12)17-16(18)15(9)13/h4-5,7-9H,6H2,1-3H3,(H,17,18). The van der Waals surface area contributed by atoms with E-state index in [1.54, 1.807) is 14.2 Å². The van der Waals surface area contributed by atoms with Gasteiger partial charge in [-0.25, -0.2) is 0 Å². The Morgan fingerprint density at radius 3 is 2.75 bits per heavy atom. The summed E-state index contributed by atoms with van der Waals surface area (Å²) in [6, 6.07) is 5.67. The first-order valence-corrected chi connectivity index (χ1v) is 6.62. The highest BCUT2D eigenvalue weighted by molar-refractivity contribution is 5.91. The maximum atomic E-state index is 12.3. The second kappa shape index (κ2) is 4.71. The first-order valence-electron chi connectivity index (χ1n) is 6.62. The smallest absolute Gasteiger partial charge is 0.252 e. The zero-order chi connectivity index (χ0) is 14.3. The fourth-order valence-electron chi connectivity index (χ4n) is 2.85. The van der Waals surface area contributed by atoms with Crippen molar-refractivity contribution in [3.05, 3.63) is 45.4 Å². The van der Waals surface area contributed by atoms with Crippen molar-refractivity contribution in [1.29, 1.82) is 0 Å². The van der Waals surface area contributed by atoms with Crippen molar-refractivity contribution >= 4 is 17.0 Å². The first kappa shape index (κ1) is 12.8. The van der Waals surface area contributed by atoms with Gasteiger partial charge in [0.25, 0.3) is 5.56 Å². The predicted molar refractivity (Wildman–Crippen MR) is 79.1 cm³/mol. The van der Waals surface area contributed by atoms with Gasteiger partial charge in [0, 0.05) is 22.9 Å². The van der Waals surface area contributed by atoms with E-state index in [0.717, 1.165) is 40.0 Å². The summed E-state index contributed by atoms with van der Waals surface area (Å²) in [6.45, 7) is 2.05. The van der Waals surface area contributed by atoms with Gasteiger partial charge in [0.2, 0.25) is 0 Å². The van der Waals surface area contributed by atoms with Gasteiger partial charge >= 0.3 is 0 Å². The second-order valence-electron chi connectivity index (χ2n) is 5.11. The Morgan fingerprint density at radius 2 is 2.05 bits per heavy atom. The molecule has 0 bridgehead atoms. The van der Waals surface area contributed by atoms with Crippen LogP contribution in [0.25, 0.3) is 17.0 Å². The summed E-state index contributed by atoms with van der Waals surface area (Å²) < 4.78 is 10.7. The number of nitrogens with one attached hydrogen (secondary N) is 1. The Hall–Kier alpha value is -2.23. The number of pyridine rings is 1. The molecule has 1 aromatic heterocycles. The summed E-state index contributed by atoms with van der Waals surface area (Å²) in [5, 5.41) is 0.986. The molecule has 4 heteroatoms. The third-order valence-electron chi connectivity index (χ3n) is 3.87. The molecule has 0 aliphatic heterocycles. The number of ether oxygens (including phenoxy) is 2. The zero-order valence-electron chi connectivity index (χ0n) is 11.8. The number of rotatable bonds is 2. The lowest BCUT2D eigenvalue weighted by molar-refractivity contribution is 0.274. The van der Waals surface area contributed by atoms with Gasteiger partial charge in [-0.2, -0.15) is 0 Å². The fraction of sp³-hybridized carbons (Fsp3) is 0.312. The molecule has 1 atom stereocenters. The van der Waals surface area contributed by atoms with Crippen LogP contribution < -0.4 is 10.3 Å². The SMILES string of the molecule is COC1=Cc2c(c(=O)[nH]c3ccc(OC)cc23)C(C)C1. The van der Waals surface area contributed by atoms with Crippen molar-refractivity contribution in [2.75, 3.05) is 14.2 Å². The molecule has 1 aromatic carbocycles. The normalized spacial score (nSPS) is 17.6. The highest BCUT2D eigenvalue weighted by Crippen LogP contribution is 2.35. The van der Waals surface area contributed by atoms with Crippen LogP contribution in [0.1, 0.15) is 30.4 Å². The lowest BCUT2D eigenvalue weighted by Crippen LogP contribution is -2.20. The van der Waals surface area contributed by atoms with Gasteiger partial charge in [-0.3, -0.25) is 4.79 Å². The van der Waals surface area contributed by atoms with Crippen molar-refractivity contribution in [3.63, 3.8) is 0 Å². The van der Waals surface area contributed by atoms with Crippen molar-refractivity contribution in [2.24, 2.45) is 0 Å². The molecule has 1 aliphatic rings. The Bertz CT molecular complexity index is 758. The molecule has 4 nitrogen and oxygen atoms in total. The molecule has 0 radical (unpaired) electrons. The largest absolute Gasteiger partial charge is 0.501 e. The van der Waals surface area contributed by atoms with Crippen LogP contribution >= 0.6 is 0 Å². The third kappa shape index (κ3) is 1.88. The number of hydrogen-bond acceptors (Lipinski definition) is 3. The summed E-state index contributed by atoms with van der Waals surface area (Å²) in [7, 11) is 3.30. The second-order valence-corrected chi connectivity index (χ2v) is 5.11. The minimum absolute atomic E-state index is 0.0171. The molecule has 0 fully saturated rings. The summed E-state index contributed by atoms with van der Waals surface area (Å²) >= 11 is 0. The Labute approximate surface area is 117 Å². The van der Waals surface area contributed by atoms with E-state index in [0.29, 0.717) is 0 Å². The summed E-state index contributed by atoms with van der Waals surface area (Å²) in [5.74, 6) is 1.82. The number of aromatic nitrogens is 1. The quantitative estimate of drug-likeness (QED) is 0.913. The lowest BCUT2D eigenvalue weighted by Gasteiger charge is -2.22. The maximum absolute atomic E-state index is 12.3. The molecule has 3 rings (SSSR count). The number of allylic oxidation sites excluding steroid dienone is 1. The average Bonchev–Trinajstić information content (AvgIpc) is 2.46. The Balaban J connectivity index is 2.39. The number of aromatic amines is 1. The van der Waals surface area contributed by atoms with Crippen molar-refractivity contribution in [3.8, 4) is 5.75 Å². The van der Waals surface area contributed by atoms with Crippen LogP contribution in [0.4, 0.5) is 0 Å². The molecular formula is C16H17NO3. The van der Waals surface area contributed by atoms with Crippen molar-refractivity contribution in [1.82, 2.24) is 4.98 Å². The zero-order valence-corrected chi connectivity index (χ0v) is 11.8. The molecule has 0 saturated heterocycles. The Morgan fingerprint density at radius 1 is 1.25 bits per heavy atom. The predicted octanol–water partition coefficient (Wildman–Crippen LogP) is 3.03. The maximum Gasteiger partial charge on any atom is 0.252 e. The van der Waals surface area contributed by atoms with Crippen LogP contribution in [-0.4, -0.2) is 19.2 Å². The van der Waals surface area contributed by atoms with Gasteiger partial charge in [-0.1, -0.05) is 6.92 Å². The minimum Gasteiger partial charge on any atom is -0.501 e. The molecular weight excluding hydrogens is 254 g/mol. The highest BCUT2D eigenvalue weighted by atomic mass is 16.5. The molecule has 1 heterocycles.